The van der Waals surface area contributed by atoms with Crippen LogP contribution in [0.2, 0.25) is 5.02 Å². The Labute approximate surface area is 282 Å². The quantitative estimate of drug-likeness (QED) is 0.176. The van der Waals surface area contributed by atoms with Crippen LogP contribution in [-0.2, 0) is 33.8 Å². The van der Waals surface area contributed by atoms with Crippen LogP contribution in [0.1, 0.15) is 56.7 Å². The van der Waals surface area contributed by atoms with Crippen LogP contribution in [-0.4, -0.2) is 64.5 Å². The Morgan fingerprint density at radius 2 is 1.74 bits per heavy atom. The van der Waals surface area contributed by atoms with Gasteiger partial charge in [-0.2, -0.15) is 0 Å². The maximum absolute atomic E-state index is 14.8. The fourth-order valence-electron chi connectivity index (χ4n) is 6.41. The number of rotatable bonds is 16. The third-order valence-corrected chi connectivity index (χ3v) is 9.47. The molecule has 3 amide bonds. The van der Waals surface area contributed by atoms with Crippen LogP contribution in [0.15, 0.2) is 78.9 Å². The number of likely N-dealkylation sites (tertiary alicyclic amines) is 1. The molecule has 1 heterocycles. The van der Waals surface area contributed by atoms with Gasteiger partial charge in [0.1, 0.15) is 17.4 Å². The Hall–Kier alpha value is -3.79. The van der Waals surface area contributed by atoms with Crippen molar-refractivity contribution in [3.8, 4) is 0 Å². The highest BCUT2D eigenvalue weighted by Gasteiger charge is 2.53. The molecule has 1 aliphatic rings. The van der Waals surface area contributed by atoms with Crippen molar-refractivity contribution >= 4 is 29.3 Å². The molecule has 1 saturated heterocycles. The smallest absolute Gasteiger partial charge is 0.249 e. The van der Waals surface area contributed by atoms with Crippen LogP contribution in [0.3, 0.4) is 0 Å². The molecule has 47 heavy (non-hydrogen) atoms. The van der Waals surface area contributed by atoms with Crippen LogP contribution in [0.25, 0.3) is 0 Å². The van der Waals surface area contributed by atoms with Crippen molar-refractivity contribution in [3.63, 3.8) is 0 Å². The van der Waals surface area contributed by atoms with E-state index in [-0.39, 0.29) is 37.2 Å². The third-order valence-electron chi connectivity index (χ3n) is 9.23. The molecule has 1 aliphatic heterocycles. The number of aliphatic hydroxyl groups is 1. The number of halogens is 2. The lowest BCUT2D eigenvalue weighted by atomic mass is 9.81. The van der Waals surface area contributed by atoms with Gasteiger partial charge in [-0.3, -0.25) is 14.4 Å². The number of aliphatic hydroxyl groups excluding tert-OH is 1. The minimum atomic E-state index is -1.11. The maximum Gasteiger partial charge on any atom is 0.249 e. The van der Waals surface area contributed by atoms with Gasteiger partial charge in [-0.05, 0) is 66.5 Å². The highest BCUT2D eigenvalue weighted by molar-refractivity contribution is 6.30. The van der Waals surface area contributed by atoms with E-state index < -0.39 is 35.5 Å². The summed E-state index contributed by atoms with van der Waals surface area (Å²) in [4.78, 5) is 42.3. The van der Waals surface area contributed by atoms with Crippen molar-refractivity contribution < 1.29 is 23.9 Å². The lowest BCUT2D eigenvalue weighted by Gasteiger charge is -2.36. The van der Waals surface area contributed by atoms with Gasteiger partial charge < -0.3 is 26.0 Å². The van der Waals surface area contributed by atoms with Crippen molar-refractivity contribution in [2.24, 2.45) is 5.92 Å². The summed E-state index contributed by atoms with van der Waals surface area (Å²) in [5.74, 6) is -1.61. The molecule has 5 atom stereocenters. The number of aryl methyl sites for hydroxylation is 1. The molecule has 0 radical (unpaired) electrons. The van der Waals surface area contributed by atoms with Gasteiger partial charge >= 0.3 is 0 Å². The summed E-state index contributed by atoms with van der Waals surface area (Å²) in [7, 11) is 0. The van der Waals surface area contributed by atoms with Gasteiger partial charge in [0.05, 0.1) is 12.1 Å². The molecule has 0 unspecified atom stereocenters. The van der Waals surface area contributed by atoms with Gasteiger partial charge in [0, 0.05) is 31.6 Å². The summed E-state index contributed by atoms with van der Waals surface area (Å²) in [6.45, 7) is 6.14. The van der Waals surface area contributed by atoms with Gasteiger partial charge in [0.2, 0.25) is 17.7 Å². The van der Waals surface area contributed by atoms with Crippen molar-refractivity contribution in [2.75, 3.05) is 13.1 Å². The first-order valence-corrected chi connectivity index (χ1v) is 16.7. The Balaban J connectivity index is 1.59. The molecule has 4 N–H and O–H groups in total. The van der Waals surface area contributed by atoms with Crippen LogP contribution < -0.4 is 16.0 Å². The summed E-state index contributed by atoms with van der Waals surface area (Å²) in [6, 6.07) is 21.6. The number of hydrogen-bond donors (Lipinski definition) is 4. The summed E-state index contributed by atoms with van der Waals surface area (Å²) < 4.78 is 14.8. The highest BCUT2D eigenvalue weighted by atomic mass is 35.5. The standard InChI is InChI=1S/C37H46ClFN4O4/c1-4-25(2)37(42-26(3)44)19-20-43(36(37)47)33(18-17-27-11-6-5-7-12-27)35(46)41-32(22-29-14-8-9-16-31(29)39)34(45)24-40-23-28-13-10-15-30(38)21-28/h5-16,21,25,32-34,40,45H,4,17-20,22-24H2,1-3H3,(H,41,46)(H,42,44)/t25-,32-,33-,34-,37-/m0/s1. The minimum absolute atomic E-state index is 0.0421. The zero-order valence-corrected chi connectivity index (χ0v) is 28.1. The average molecular weight is 665 g/mol. The van der Waals surface area contributed by atoms with Gasteiger partial charge in [0.15, 0.2) is 0 Å². The second kappa shape index (κ2) is 16.9. The molecule has 3 aromatic rings. The first kappa shape index (κ1) is 36.1. The zero-order valence-electron chi connectivity index (χ0n) is 27.3. The normalized spacial score (nSPS) is 18.8. The third kappa shape index (κ3) is 9.40. The number of nitrogens with one attached hydrogen (secondary N) is 3. The first-order chi connectivity index (χ1) is 22.5. The van der Waals surface area contributed by atoms with Crippen LogP contribution in [0.4, 0.5) is 4.39 Å². The second-order valence-electron chi connectivity index (χ2n) is 12.5. The van der Waals surface area contributed by atoms with Gasteiger partial charge in [-0.1, -0.05) is 92.5 Å². The zero-order chi connectivity index (χ0) is 34.0. The molecule has 8 nitrogen and oxygen atoms in total. The lowest BCUT2D eigenvalue weighted by molar-refractivity contribution is -0.144. The van der Waals surface area contributed by atoms with Gasteiger partial charge in [0.25, 0.3) is 0 Å². The molecule has 0 saturated carbocycles. The van der Waals surface area contributed by atoms with Crippen molar-refractivity contribution in [2.45, 2.75) is 83.1 Å². The van der Waals surface area contributed by atoms with Crippen molar-refractivity contribution in [1.29, 1.82) is 0 Å². The lowest BCUT2D eigenvalue weighted by Crippen LogP contribution is -2.60. The molecule has 0 aliphatic carbocycles. The van der Waals surface area contributed by atoms with Crippen LogP contribution in [0.5, 0.6) is 0 Å². The van der Waals surface area contributed by atoms with Crippen LogP contribution in [0, 0.1) is 11.7 Å². The predicted molar refractivity (Wildman–Crippen MR) is 182 cm³/mol. The molecule has 0 spiro atoms. The molecule has 0 aromatic heterocycles. The summed E-state index contributed by atoms with van der Waals surface area (Å²) in [6.07, 6.45) is 0.861. The molecule has 3 aromatic carbocycles. The van der Waals surface area contributed by atoms with E-state index in [1.165, 1.54) is 13.0 Å². The SMILES string of the molecule is CC[C@H](C)[C@@]1(NC(C)=O)CCN([C@@H](CCc2ccccc2)C(=O)N[C@@H](Cc2ccccc2F)[C@@H](O)CNCc2cccc(Cl)c2)C1=O. The molecule has 252 valence electrons. The number of amides is 3. The van der Waals surface area contributed by atoms with E-state index in [1.807, 2.05) is 62.4 Å². The van der Waals surface area contributed by atoms with E-state index in [0.29, 0.717) is 42.8 Å². The monoisotopic (exact) mass is 664 g/mol. The van der Waals surface area contributed by atoms with E-state index in [9.17, 15) is 23.9 Å². The number of carbonyl (C=O) groups excluding carboxylic acids is 3. The van der Waals surface area contributed by atoms with E-state index in [1.54, 1.807) is 29.2 Å². The van der Waals surface area contributed by atoms with Crippen molar-refractivity contribution in [1.82, 2.24) is 20.9 Å². The predicted octanol–water partition coefficient (Wildman–Crippen LogP) is 4.81. The molecular weight excluding hydrogens is 619 g/mol. The minimum Gasteiger partial charge on any atom is -0.390 e. The average Bonchev–Trinajstić information content (AvgIpc) is 3.37. The number of hydrogen-bond acceptors (Lipinski definition) is 5. The Kier molecular flexibility index (Phi) is 12.9. The Morgan fingerprint density at radius 1 is 1.04 bits per heavy atom. The number of benzene rings is 3. The molecule has 10 heteroatoms. The maximum atomic E-state index is 14.8. The topological polar surface area (TPSA) is 111 Å². The second-order valence-corrected chi connectivity index (χ2v) is 12.9. The summed E-state index contributed by atoms with van der Waals surface area (Å²) >= 11 is 6.12. The molecule has 1 fully saturated rings. The Morgan fingerprint density at radius 3 is 2.43 bits per heavy atom. The van der Waals surface area contributed by atoms with Gasteiger partial charge in [-0.15, -0.1) is 0 Å². The summed E-state index contributed by atoms with van der Waals surface area (Å²) in [5.41, 5.74) is 1.19. The highest BCUT2D eigenvalue weighted by Crippen LogP contribution is 2.34. The largest absolute Gasteiger partial charge is 0.390 e. The fourth-order valence-corrected chi connectivity index (χ4v) is 6.62. The Bertz CT molecular complexity index is 1510. The fraction of sp³-hybridized carbons (Fsp3) is 0.432. The first-order valence-electron chi connectivity index (χ1n) is 16.3. The number of carbonyl (C=O) groups is 3. The van der Waals surface area contributed by atoms with E-state index in [0.717, 1.165) is 11.1 Å². The molecule has 4 rings (SSSR count). The van der Waals surface area contributed by atoms with E-state index in [2.05, 4.69) is 16.0 Å². The summed E-state index contributed by atoms with van der Waals surface area (Å²) in [5, 5.41) is 21.1. The van der Waals surface area contributed by atoms with E-state index in [4.69, 9.17) is 11.6 Å². The van der Waals surface area contributed by atoms with Crippen molar-refractivity contribution in [3.05, 3.63) is 106 Å². The van der Waals surface area contributed by atoms with Crippen LogP contribution >= 0.6 is 11.6 Å². The molecule has 0 bridgehead atoms. The number of nitrogens with zero attached hydrogens (tertiary/aromatic N) is 1. The van der Waals surface area contributed by atoms with Gasteiger partial charge in [-0.25, -0.2) is 4.39 Å². The molecular formula is C37H46ClFN4O4. The van der Waals surface area contributed by atoms with E-state index >= 15 is 0 Å².